The number of benzene rings is 1. The summed E-state index contributed by atoms with van der Waals surface area (Å²) in [6, 6.07) is 7.45. The third-order valence-electron chi connectivity index (χ3n) is 2.90. The van der Waals surface area contributed by atoms with E-state index in [0.29, 0.717) is 12.2 Å². The average Bonchev–Trinajstić information content (AvgIpc) is 2.46. The zero-order chi connectivity index (χ0) is 16.1. The molecule has 116 valence electrons. The Morgan fingerprint density at radius 1 is 1.36 bits per heavy atom. The maximum Gasteiger partial charge on any atom is 0.387 e. The number of hydrogen-bond donors (Lipinski definition) is 1. The van der Waals surface area contributed by atoms with E-state index in [1.54, 1.807) is 19.1 Å². The number of pyridine rings is 1. The first-order chi connectivity index (χ1) is 10.5. The average molecular weight is 309 g/mol. The molecular weight excluding hydrogens is 296 g/mol. The molecule has 1 N–H and O–H groups in total. The Kier molecular flexibility index (Phi) is 4.82. The van der Waals surface area contributed by atoms with Gasteiger partial charge in [-0.05, 0) is 30.7 Å². The molecule has 0 saturated carbocycles. The van der Waals surface area contributed by atoms with Crippen molar-refractivity contribution < 1.29 is 18.4 Å². The first kappa shape index (κ1) is 15.6. The summed E-state index contributed by atoms with van der Waals surface area (Å²) in [4.78, 5) is 14.2. The highest BCUT2D eigenvalue weighted by Gasteiger charge is 2.08. The number of nitrogens with zero attached hydrogens (tertiary/aromatic N) is 2. The molecule has 2 rings (SSSR count). The van der Waals surface area contributed by atoms with Gasteiger partial charge in [0, 0.05) is 17.8 Å². The van der Waals surface area contributed by atoms with Crippen LogP contribution < -0.4 is 10.1 Å². The van der Waals surface area contributed by atoms with Gasteiger partial charge in [-0.1, -0.05) is 0 Å². The van der Waals surface area contributed by atoms with Gasteiger partial charge in [0.2, 0.25) is 0 Å². The van der Waals surface area contributed by atoms with Gasteiger partial charge >= 0.3 is 6.61 Å². The van der Waals surface area contributed by atoms with Crippen LogP contribution in [0.1, 0.15) is 11.3 Å². The summed E-state index contributed by atoms with van der Waals surface area (Å²) in [5.41, 5.74) is 2.11. The second-order valence-electron chi connectivity index (χ2n) is 4.47. The predicted molar refractivity (Wildman–Crippen MR) is 76.0 cm³/mol. The molecular formula is C14H13F2N3O3. The third-order valence-corrected chi connectivity index (χ3v) is 2.90. The van der Waals surface area contributed by atoms with Crippen molar-refractivity contribution in [1.82, 2.24) is 4.98 Å². The molecule has 1 heterocycles. The fourth-order valence-electron chi connectivity index (χ4n) is 1.83. The monoisotopic (exact) mass is 309 g/mol. The molecule has 1 aromatic carbocycles. The fraction of sp³-hybridized carbons (Fsp3) is 0.214. The van der Waals surface area contributed by atoms with E-state index < -0.39 is 11.5 Å². The Hall–Kier alpha value is -2.77. The lowest BCUT2D eigenvalue weighted by Gasteiger charge is -2.09. The standard InChI is InChI=1S/C14H13F2N3O3/c1-9-6-11(19(20)21)3-5-13(9)18-7-10-2-4-12(8-17-10)22-14(15)16/h2-6,8,14,18H,7H2,1H3. The van der Waals surface area contributed by atoms with E-state index in [2.05, 4.69) is 15.0 Å². The van der Waals surface area contributed by atoms with Gasteiger partial charge < -0.3 is 10.1 Å². The van der Waals surface area contributed by atoms with Crippen molar-refractivity contribution in [2.24, 2.45) is 0 Å². The molecule has 0 aliphatic carbocycles. The molecule has 0 atom stereocenters. The van der Waals surface area contributed by atoms with E-state index in [-0.39, 0.29) is 11.4 Å². The van der Waals surface area contributed by atoms with Gasteiger partial charge in [-0.25, -0.2) is 0 Å². The summed E-state index contributed by atoms with van der Waals surface area (Å²) in [5.74, 6) is -0.00901. The number of aromatic nitrogens is 1. The molecule has 0 amide bonds. The molecule has 1 aromatic heterocycles. The van der Waals surface area contributed by atoms with Gasteiger partial charge in [-0.15, -0.1) is 0 Å². The van der Waals surface area contributed by atoms with Gasteiger partial charge in [0.15, 0.2) is 0 Å². The van der Waals surface area contributed by atoms with Gasteiger partial charge in [-0.3, -0.25) is 15.1 Å². The number of hydrogen-bond acceptors (Lipinski definition) is 5. The highest BCUT2D eigenvalue weighted by molar-refractivity contribution is 5.55. The first-order valence-electron chi connectivity index (χ1n) is 6.34. The molecule has 6 nitrogen and oxygen atoms in total. The number of rotatable bonds is 6. The molecule has 0 unspecified atom stereocenters. The number of non-ortho nitro benzene ring substituents is 1. The minimum Gasteiger partial charge on any atom is -0.433 e. The summed E-state index contributed by atoms with van der Waals surface area (Å²) >= 11 is 0. The van der Waals surface area contributed by atoms with Crippen molar-refractivity contribution in [2.75, 3.05) is 5.32 Å². The van der Waals surface area contributed by atoms with Crippen molar-refractivity contribution in [3.8, 4) is 5.75 Å². The highest BCUT2D eigenvalue weighted by Crippen LogP contribution is 2.21. The molecule has 0 bridgehead atoms. The van der Waals surface area contributed by atoms with Crippen LogP contribution in [0.25, 0.3) is 0 Å². The van der Waals surface area contributed by atoms with Crippen molar-refractivity contribution >= 4 is 11.4 Å². The van der Waals surface area contributed by atoms with E-state index >= 15 is 0 Å². The van der Waals surface area contributed by atoms with Gasteiger partial charge in [0.25, 0.3) is 5.69 Å². The zero-order valence-corrected chi connectivity index (χ0v) is 11.6. The van der Waals surface area contributed by atoms with Crippen molar-refractivity contribution in [1.29, 1.82) is 0 Å². The minimum atomic E-state index is -2.88. The Morgan fingerprint density at radius 3 is 2.68 bits per heavy atom. The van der Waals surface area contributed by atoms with E-state index in [4.69, 9.17) is 0 Å². The van der Waals surface area contributed by atoms with Crippen LogP contribution >= 0.6 is 0 Å². The number of anilines is 1. The molecule has 22 heavy (non-hydrogen) atoms. The van der Waals surface area contributed by atoms with Crippen LogP contribution in [-0.4, -0.2) is 16.5 Å². The van der Waals surface area contributed by atoms with Crippen LogP contribution in [0.4, 0.5) is 20.2 Å². The Morgan fingerprint density at radius 2 is 2.14 bits per heavy atom. The second kappa shape index (κ2) is 6.79. The molecule has 0 aliphatic heterocycles. The lowest BCUT2D eigenvalue weighted by atomic mass is 10.1. The first-order valence-corrected chi connectivity index (χ1v) is 6.34. The summed E-state index contributed by atoms with van der Waals surface area (Å²) in [6.07, 6.45) is 1.21. The van der Waals surface area contributed by atoms with Crippen LogP contribution in [0.2, 0.25) is 0 Å². The Balaban J connectivity index is 1.99. The van der Waals surface area contributed by atoms with Crippen molar-refractivity contribution in [2.45, 2.75) is 20.1 Å². The third kappa shape index (κ3) is 4.11. The molecule has 8 heteroatoms. The number of nitro benzene ring substituents is 1. The number of nitrogens with one attached hydrogen (secondary N) is 1. The van der Waals surface area contributed by atoms with Crippen LogP contribution in [0.5, 0.6) is 5.75 Å². The Bertz CT molecular complexity index is 663. The van der Waals surface area contributed by atoms with Crippen LogP contribution in [-0.2, 0) is 6.54 Å². The smallest absolute Gasteiger partial charge is 0.387 e. The second-order valence-corrected chi connectivity index (χ2v) is 4.47. The normalized spacial score (nSPS) is 10.5. The quantitative estimate of drug-likeness (QED) is 0.652. The van der Waals surface area contributed by atoms with Crippen molar-refractivity contribution in [3.63, 3.8) is 0 Å². The number of halogens is 2. The molecule has 0 spiro atoms. The zero-order valence-electron chi connectivity index (χ0n) is 11.6. The number of alkyl halides is 2. The van der Waals surface area contributed by atoms with Gasteiger partial charge in [0.05, 0.1) is 23.4 Å². The topological polar surface area (TPSA) is 77.3 Å². The van der Waals surface area contributed by atoms with Crippen LogP contribution in [0.3, 0.4) is 0 Å². The van der Waals surface area contributed by atoms with E-state index in [0.717, 1.165) is 11.3 Å². The summed E-state index contributed by atoms with van der Waals surface area (Å²) < 4.78 is 28.2. The molecule has 0 fully saturated rings. The molecule has 0 saturated heterocycles. The molecule has 0 radical (unpaired) electrons. The lowest BCUT2D eigenvalue weighted by Crippen LogP contribution is -2.05. The van der Waals surface area contributed by atoms with Gasteiger partial charge in [0.1, 0.15) is 5.75 Å². The lowest BCUT2D eigenvalue weighted by molar-refractivity contribution is -0.384. The van der Waals surface area contributed by atoms with Crippen molar-refractivity contribution in [3.05, 3.63) is 57.9 Å². The summed E-state index contributed by atoms with van der Waals surface area (Å²) in [5, 5.41) is 13.7. The largest absolute Gasteiger partial charge is 0.433 e. The molecule has 2 aromatic rings. The maximum absolute atomic E-state index is 12.0. The van der Waals surface area contributed by atoms with Crippen LogP contribution in [0, 0.1) is 17.0 Å². The number of ether oxygens (including phenoxy) is 1. The maximum atomic E-state index is 12.0. The van der Waals surface area contributed by atoms with E-state index in [9.17, 15) is 18.9 Å². The van der Waals surface area contributed by atoms with Gasteiger partial charge in [-0.2, -0.15) is 8.78 Å². The SMILES string of the molecule is Cc1cc([N+](=O)[O-])ccc1NCc1ccc(OC(F)F)cn1. The van der Waals surface area contributed by atoms with E-state index in [1.807, 2.05) is 0 Å². The number of nitro groups is 1. The number of aryl methyl sites for hydroxylation is 1. The predicted octanol–water partition coefficient (Wildman–Crippen LogP) is 3.51. The molecule has 0 aliphatic rings. The highest BCUT2D eigenvalue weighted by atomic mass is 19.3. The summed E-state index contributed by atoms with van der Waals surface area (Å²) in [6.45, 7) is -0.774. The Labute approximate surface area is 124 Å². The fourth-order valence-corrected chi connectivity index (χ4v) is 1.83. The minimum absolute atomic E-state index is 0.00901. The summed E-state index contributed by atoms with van der Waals surface area (Å²) in [7, 11) is 0. The van der Waals surface area contributed by atoms with E-state index in [1.165, 1.54) is 24.4 Å². The van der Waals surface area contributed by atoms with Crippen LogP contribution in [0.15, 0.2) is 36.5 Å².